The van der Waals surface area contributed by atoms with Crippen molar-refractivity contribution in [3.63, 3.8) is 0 Å². The molecule has 0 bridgehead atoms. The minimum Gasteiger partial charge on any atom is -0.462 e. The van der Waals surface area contributed by atoms with Gasteiger partial charge in [-0.25, -0.2) is 18.6 Å². The van der Waals surface area contributed by atoms with Crippen LogP contribution in [0.3, 0.4) is 0 Å². The number of pyridine rings is 1. The molecule has 0 atom stereocenters. The Labute approximate surface area is 119 Å². The van der Waals surface area contributed by atoms with Gasteiger partial charge in [0.05, 0.1) is 12.3 Å². The van der Waals surface area contributed by atoms with Crippen molar-refractivity contribution in [3.8, 4) is 11.6 Å². The second-order valence-electron chi connectivity index (χ2n) is 3.98. The summed E-state index contributed by atoms with van der Waals surface area (Å²) < 4.78 is 37.0. The van der Waals surface area contributed by atoms with Gasteiger partial charge < -0.3 is 15.2 Å². The van der Waals surface area contributed by atoms with Gasteiger partial charge in [-0.15, -0.1) is 0 Å². The monoisotopic (exact) mass is 294 g/mol. The number of carbonyl (C=O) groups is 1. The molecule has 21 heavy (non-hydrogen) atoms. The van der Waals surface area contributed by atoms with Gasteiger partial charge in [0.15, 0.2) is 11.6 Å². The number of nitrogen functional groups attached to an aromatic ring is 1. The Bertz CT molecular complexity index is 677. The highest BCUT2D eigenvalue weighted by molar-refractivity contribution is 5.91. The van der Waals surface area contributed by atoms with E-state index in [1.54, 1.807) is 6.92 Å². The fraction of sp³-hybridized carbons (Fsp3) is 0.143. The number of rotatable bonds is 4. The molecule has 110 valence electrons. The molecule has 0 unspecified atom stereocenters. The van der Waals surface area contributed by atoms with Crippen LogP contribution in [0.25, 0.3) is 0 Å². The van der Waals surface area contributed by atoms with Gasteiger partial charge in [0.2, 0.25) is 5.88 Å². The number of anilines is 1. The molecule has 2 N–H and O–H groups in total. The largest absolute Gasteiger partial charge is 0.462 e. The average Bonchev–Trinajstić information content (AvgIpc) is 2.45. The Morgan fingerprint density at radius 1 is 1.33 bits per heavy atom. The molecular formula is C14H12F2N2O3. The standard InChI is InChI=1S/C14H12F2N2O3/c1-2-20-14(19)8-4-3-5-18-13(8)21-12-7-9(15)11(17)6-10(12)16/h3-7H,2,17H2,1H3. The molecular weight excluding hydrogens is 282 g/mol. The molecule has 2 aromatic rings. The molecule has 1 heterocycles. The van der Waals surface area contributed by atoms with Crippen LogP contribution >= 0.6 is 0 Å². The van der Waals surface area contributed by atoms with Gasteiger partial charge >= 0.3 is 5.97 Å². The summed E-state index contributed by atoms with van der Waals surface area (Å²) in [6.07, 6.45) is 1.35. The highest BCUT2D eigenvalue weighted by atomic mass is 19.1. The van der Waals surface area contributed by atoms with Crippen LogP contribution in [0, 0.1) is 11.6 Å². The zero-order chi connectivity index (χ0) is 15.4. The molecule has 7 heteroatoms. The average molecular weight is 294 g/mol. The Balaban J connectivity index is 2.36. The van der Waals surface area contributed by atoms with Gasteiger partial charge in [-0.2, -0.15) is 0 Å². The minimum atomic E-state index is -0.866. The number of carbonyl (C=O) groups excluding carboxylic acids is 1. The highest BCUT2D eigenvalue weighted by Crippen LogP contribution is 2.28. The molecule has 0 radical (unpaired) electrons. The summed E-state index contributed by atoms with van der Waals surface area (Å²) in [5.74, 6) is -2.98. The normalized spacial score (nSPS) is 10.2. The first kappa shape index (κ1) is 14.7. The van der Waals surface area contributed by atoms with Crippen molar-refractivity contribution < 1.29 is 23.0 Å². The quantitative estimate of drug-likeness (QED) is 0.693. The second kappa shape index (κ2) is 6.17. The summed E-state index contributed by atoms with van der Waals surface area (Å²) in [7, 11) is 0. The fourth-order valence-electron chi connectivity index (χ4n) is 1.56. The van der Waals surface area contributed by atoms with Crippen LogP contribution in [0.1, 0.15) is 17.3 Å². The molecule has 0 fully saturated rings. The lowest BCUT2D eigenvalue weighted by Gasteiger charge is -2.10. The van der Waals surface area contributed by atoms with Gasteiger partial charge in [-0.3, -0.25) is 0 Å². The summed E-state index contributed by atoms with van der Waals surface area (Å²) in [5.41, 5.74) is 4.91. The van der Waals surface area contributed by atoms with Gasteiger partial charge in [0.25, 0.3) is 0 Å². The zero-order valence-corrected chi connectivity index (χ0v) is 11.1. The van der Waals surface area contributed by atoms with Crippen LogP contribution in [0.4, 0.5) is 14.5 Å². The first-order valence-corrected chi connectivity index (χ1v) is 6.07. The molecule has 0 aliphatic heterocycles. The maximum Gasteiger partial charge on any atom is 0.343 e. The van der Waals surface area contributed by atoms with Crippen molar-refractivity contribution in [3.05, 3.63) is 47.7 Å². The lowest BCUT2D eigenvalue weighted by molar-refractivity contribution is 0.0522. The van der Waals surface area contributed by atoms with Crippen LogP contribution in [0.2, 0.25) is 0 Å². The number of aromatic nitrogens is 1. The van der Waals surface area contributed by atoms with E-state index in [2.05, 4.69) is 4.98 Å². The van der Waals surface area contributed by atoms with Crippen LogP contribution in [-0.2, 0) is 4.74 Å². The van der Waals surface area contributed by atoms with Crippen LogP contribution in [0.5, 0.6) is 11.6 Å². The van der Waals surface area contributed by atoms with Crippen LogP contribution in [-0.4, -0.2) is 17.6 Å². The number of halogens is 2. The number of hydrogen-bond donors (Lipinski definition) is 1. The second-order valence-corrected chi connectivity index (χ2v) is 3.98. The van der Waals surface area contributed by atoms with Crippen LogP contribution < -0.4 is 10.5 Å². The Kier molecular flexibility index (Phi) is 4.32. The molecule has 0 amide bonds. The van der Waals surface area contributed by atoms with E-state index >= 15 is 0 Å². The van der Waals surface area contributed by atoms with E-state index in [9.17, 15) is 13.6 Å². The zero-order valence-electron chi connectivity index (χ0n) is 11.1. The van der Waals surface area contributed by atoms with Crippen molar-refractivity contribution in [2.24, 2.45) is 0 Å². The highest BCUT2D eigenvalue weighted by Gasteiger charge is 2.17. The van der Waals surface area contributed by atoms with E-state index in [1.807, 2.05) is 0 Å². The summed E-state index contributed by atoms with van der Waals surface area (Å²) in [5, 5.41) is 0. The Hall–Kier alpha value is -2.70. The number of nitrogens with two attached hydrogens (primary N) is 1. The Morgan fingerprint density at radius 3 is 2.81 bits per heavy atom. The lowest BCUT2D eigenvalue weighted by Crippen LogP contribution is -2.07. The summed E-state index contributed by atoms with van der Waals surface area (Å²) in [4.78, 5) is 15.6. The first-order chi connectivity index (χ1) is 10.0. The van der Waals surface area contributed by atoms with Crippen molar-refractivity contribution >= 4 is 11.7 Å². The van der Waals surface area contributed by atoms with E-state index < -0.39 is 23.4 Å². The van der Waals surface area contributed by atoms with Gasteiger partial charge in [-0.1, -0.05) is 0 Å². The fourth-order valence-corrected chi connectivity index (χ4v) is 1.56. The molecule has 1 aromatic carbocycles. The third-order valence-electron chi connectivity index (χ3n) is 2.52. The van der Waals surface area contributed by atoms with Crippen molar-refractivity contribution in [2.45, 2.75) is 6.92 Å². The maximum atomic E-state index is 13.7. The van der Waals surface area contributed by atoms with E-state index in [0.717, 1.165) is 12.1 Å². The molecule has 0 spiro atoms. The topological polar surface area (TPSA) is 74.4 Å². The van der Waals surface area contributed by atoms with Gasteiger partial charge in [0, 0.05) is 18.3 Å². The predicted octanol–water partition coefficient (Wildman–Crippen LogP) is 2.91. The SMILES string of the molecule is CCOC(=O)c1cccnc1Oc1cc(F)c(N)cc1F. The third-order valence-corrected chi connectivity index (χ3v) is 2.52. The minimum absolute atomic E-state index is 0.0102. The molecule has 5 nitrogen and oxygen atoms in total. The van der Waals surface area contributed by atoms with Gasteiger partial charge in [0.1, 0.15) is 11.4 Å². The molecule has 0 aliphatic carbocycles. The van der Waals surface area contributed by atoms with Gasteiger partial charge in [-0.05, 0) is 19.1 Å². The summed E-state index contributed by atoms with van der Waals surface area (Å²) in [6.45, 7) is 1.81. The lowest BCUT2D eigenvalue weighted by atomic mass is 10.2. The van der Waals surface area contributed by atoms with E-state index in [-0.39, 0.29) is 23.7 Å². The summed E-state index contributed by atoms with van der Waals surface area (Å²) in [6, 6.07) is 4.48. The molecule has 0 aliphatic rings. The first-order valence-electron chi connectivity index (χ1n) is 6.07. The number of ether oxygens (including phenoxy) is 2. The maximum absolute atomic E-state index is 13.7. The smallest absolute Gasteiger partial charge is 0.343 e. The number of esters is 1. The predicted molar refractivity (Wildman–Crippen MR) is 71.0 cm³/mol. The van der Waals surface area contributed by atoms with E-state index in [1.165, 1.54) is 18.3 Å². The summed E-state index contributed by atoms with van der Waals surface area (Å²) >= 11 is 0. The molecule has 0 saturated heterocycles. The molecule has 0 saturated carbocycles. The van der Waals surface area contributed by atoms with Crippen molar-refractivity contribution in [1.29, 1.82) is 0 Å². The van der Waals surface area contributed by atoms with Crippen LogP contribution in [0.15, 0.2) is 30.5 Å². The Morgan fingerprint density at radius 2 is 2.10 bits per heavy atom. The number of hydrogen-bond acceptors (Lipinski definition) is 5. The van der Waals surface area contributed by atoms with E-state index in [0.29, 0.717) is 0 Å². The number of benzene rings is 1. The third kappa shape index (κ3) is 3.25. The molecule has 1 aromatic heterocycles. The number of nitrogens with zero attached hydrogens (tertiary/aromatic N) is 1. The van der Waals surface area contributed by atoms with E-state index in [4.69, 9.17) is 15.2 Å². The van der Waals surface area contributed by atoms with Crippen molar-refractivity contribution in [1.82, 2.24) is 4.98 Å². The van der Waals surface area contributed by atoms with Crippen molar-refractivity contribution in [2.75, 3.05) is 12.3 Å². The molecule has 2 rings (SSSR count).